The summed E-state index contributed by atoms with van der Waals surface area (Å²) in [5.74, 6) is 0.133. The third-order valence-electron chi connectivity index (χ3n) is 10.1. The normalized spacial score (nSPS) is 25.0. The summed E-state index contributed by atoms with van der Waals surface area (Å²) in [4.78, 5) is 14.4. The van der Waals surface area contributed by atoms with E-state index in [1.807, 2.05) is 24.3 Å². The quantitative estimate of drug-likeness (QED) is 0.251. The number of fused-ring (bicyclic) bond motifs is 6. The van der Waals surface area contributed by atoms with Crippen molar-refractivity contribution in [2.75, 3.05) is 44.4 Å². The molecule has 4 aliphatic rings. The van der Waals surface area contributed by atoms with Crippen LogP contribution in [0.15, 0.2) is 42.5 Å². The van der Waals surface area contributed by atoms with Crippen LogP contribution >= 0.6 is 11.6 Å². The first-order valence-electron chi connectivity index (χ1n) is 16.1. The molecule has 4 aliphatic heterocycles. The van der Waals surface area contributed by atoms with Crippen LogP contribution in [0.5, 0.6) is 11.8 Å². The number of morpholine rings is 1. The number of piperazine rings is 1. The van der Waals surface area contributed by atoms with Crippen molar-refractivity contribution in [3.05, 3.63) is 53.3 Å². The van der Waals surface area contributed by atoms with E-state index in [9.17, 15) is 5.11 Å². The molecule has 4 fully saturated rings. The van der Waals surface area contributed by atoms with E-state index >= 15 is 4.39 Å². The summed E-state index contributed by atoms with van der Waals surface area (Å²) in [6, 6.07) is 14.4. The van der Waals surface area contributed by atoms with Gasteiger partial charge in [0, 0.05) is 60.2 Å². The zero-order valence-electron chi connectivity index (χ0n) is 25.7. The van der Waals surface area contributed by atoms with E-state index in [2.05, 4.69) is 29.0 Å². The summed E-state index contributed by atoms with van der Waals surface area (Å²) in [7, 11) is 0. The van der Waals surface area contributed by atoms with Crippen LogP contribution in [0.1, 0.15) is 39.5 Å². The van der Waals surface area contributed by atoms with E-state index in [1.165, 1.54) is 12.8 Å². The summed E-state index contributed by atoms with van der Waals surface area (Å²) in [5, 5.41) is 16.6. The van der Waals surface area contributed by atoms with Crippen molar-refractivity contribution in [1.82, 2.24) is 20.2 Å². The van der Waals surface area contributed by atoms with Crippen molar-refractivity contribution in [2.45, 2.75) is 63.7 Å². The Labute approximate surface area is 267 Å². The average molecular weight is 632 g/mol. The SMILES string of the molecule is CC(C)(COc1nc(N2CC3CCC(C2)N3)c2cc(Cl)c(-c3cc(O)cc4ccccc34)c(F)c2n1)CN1C2CCC1COC2. The van der Waals surface area contributed by atoms with Gasteiger partial charge in [-0.05, 0) is 60.2 Å². The minimum absolute atomic E-state index is 0.0406. The summed E-state index contributed by atoms with van der Waals surface area (Å²) >= 11 is 6.91. The van der Waals surface area contributed by atoms with Crippen LogP contribution in [0.2, 0.25) is 5.02 Å². The van der Waals surface area contributed by atoms with Gasteiger partial charge in [-0.15, -0.1) is 0 Å². The van der Waals surface area contributed by atoms with Gasteiger partial charge in [-0.25, -0.2) is 4.39 Å². The van der Waals surface area contributed by atoms with E-state index in [4.69, 9.17) is 31.0 Å². The third kappa shape index (κ3) is 5.37. The lowest BCUT2D eigenvalue weighted by atomic mass is 9.93. The van der Waals surface area contributed by atoms with Gasteiger partial charge in [0.25, 0.3) is 0 Å². The van der Waals surface area contributed by atoms with Crippen LogP contribution in [0, 0.1) is 11.2 Å². The fraction of sp³-hybridized carbons (Fsp3) is 0.486. The number of aromatic hydroxyl groups is 1. The largest absolute Gasteiger partial charge is 0.508 e. The molecule has 45 heavy (non-hydrogen) atoms. The fourth-order valence-corrected chi connectivity index (χ4v) is 8.25. The van der Waals surface area contributed by atoms with Gasteiger partial charge in [0.05, 0.1) is 24.8 Å². The molecule has 3 aromatic carbocycles. The zero-order chi connectivity index (χ0) is 30.9. The first-order valence-corrected chi connectivity index (χ1v) is 16.5. The number of hydrogen-bond acceptors (Lipinski definition) is 8. The number of nitrogens with zero attached hydrogens (tertiary/aromatic N) is 4. The molecule has 4 atom stereocenters. The molecule has 0 radical (unpaired) electrons. The van der Waals surface area contributed by atoms with Crippen LogP contribution < -0.4 is 15.0 Å². The topological polar surface area (TPSA) is 83.0 Å². The minimum atomic E-state index is -0.552. The Bertz CT molecular complexity index is 1760. The second kappa shape index (κ2) is 11.2. The molecule has 4 bridgehead atoms. The van der Waals surface area contributed by atoms with Crippen LogP contribution in [0.25, 0.3) is 32.8 Å². The van der Waals surface area contributed by atoms with E-state index in [1.54, 1.807) is 18.2 Å². The second-order valence-electron chi connectivity index (χ2n) is 14.1. The molecule has 4 aromatic rings. The Morgan fingerprint density at radius 3 is 2.51 bits per heavy atom. The second-order valence-corrected chi connectivity index (χ2v) is 14.5. The molecule has 0 spiro atoms. The Morgan fingerprint density at radius 1 is 1.02 bits per heavy atom. The smallest absolute Gasteiger partial charge is 0.319 e. The van der Waals surface area contributed by atoms with Crippen molar-refractivity contribution in [3.63, 3.8) is 0 Å². The third-order valence-corrected chi connectivity index (χ3v) is 10.4. The van der Waals surface area contributed by atoms with Crippen LogP contribution in [-0.4, -0.2) is 83.6 Å². The highest BCUT2D eigenvalue weighted by molar-refractivity contribution is 6.35. The Hall–Kier alpha value is -3.24. The van der Waals surface area contributed by atoms with Gasteiger partial charge in [0.15, 0.2) is 5.82 Å². The predicted octanol–water partition coefficient (Wildman–Crippen LogP) is 6.16. The predicted molar refractivity (Wildman–Crippen MR) is 175 cm³/mol. The molecular weight excluding hydrogens is 593 g/mol. The number of hydrogen-bond donors (Lipinski definition) is 2. The maximum absolute atomic E-state index is 16.9. The number of ether oxygens (including phenoxy) is 2. The highest BCUT2D eigenvalue weighted by Crippen LogP contribution is 2.43. The Kier molecular flexibility index (Phi) is 7.28. The van der Waals surface area contributed by atoms with Gasteiger partial charge in [-0.3, -0.25) is 4.90 Å². The van der Waals surface area contributed by atoms with Crippen LogP contribution in [0.4, 0.5) is 10.2 Å². The fourth-order valence-electron chi connectivity index (χ4n) is 7.95. The lowest BCUT2D eigenvalue weighted by Gasteiger charge is -2.39. The van der Waals surface area contributed by atoms with E-state index < -0.39 is 5.82 Å². The van der Waals surface area contributed by atoms with E-state index in [0.717, 1.165) is 56.5 Å². The van der Waals surface area contributed by atoms with Crippen molar-refractivity contribution < 1.29 is 19.0 Å². The number of halogens is 2. The number of benzene rings is 3. The highest BCUT2D eigenvalue weighted by Gasteiger charge is 2.40. The van der Waals surface area contributed by atoms with Crippen molar-refractivity contribution in [1.29, 1.82) is 0 Å². The number of aromatic nitrogens is 2. The van der Waals surface area contributed by atoms with Gasteiger partial charge in [-0.2, -0.15) is 9.97 Å². The maximum atomic E-state index is 16.9. The van der Waals surface area contributed by atoms with Crippen molar-refractivity contribution in [3.8, 4) is 22.9 Å². The molecule has 236 valence electrons. The molecule has 8 nitrogen and oxygen atoms in total. The number of nitrogens with one attached hydrogen (secondary N) is 1. The number of phenolic OH excluding ortho intramolecular Hbond substituents is 1. The standard InChI is InChI=1S/C35H39ClFN5O3/c1-35(2,18-42-23-9-10-24(42)17-44-16-23)19-45-34-39-32-28(33(40-34)41-14-21-7-8-22(15-41)38-21)13-29(36)30(31(32)37)27-12-25(43)11-20-5-3-4-6-26(20)27/h3-6,11-13,21-24,38,43H,7-10,14-19H2,1-2H3. The Morgan fingerprint density at radius 2 is 1.76 bits per heavy atom. The number of anilines is 1. The molecule has 0 aliphatic carbocycles. The van der Waals surface area contributed by atoms with Crippen molar-refractivity contribution in [2.24, 2.45) is 5.41 Å². The highest BCUT2D eigenvalue weighted by atomic mass is 35.5. The van der Waals surface area contributed by atoms with Crippen molar-refractivity contribution >= 4 is 39.1 Å². The van der Waals surface area contributed by atoms with E-state index in [0.29, 0.717) is 47.5 Å². The molecule has 4 unspecified atom stereocenters. The molecule has 5 heterocycles. The van der Waals surface area contributed by atoms with Gasteiger partial charge in [-0.1, -0.05) is 49.7 Å². The summed E-state index contributed by atoms with van der Waals surface area (Å²) in [6.07, 6.45) is 4.55. The molecule has 1 aromatic heterocycles. The summed E-state index contributed by atoms with van der Waals surface area (Å²) < 4.78 is 29.0. The van der Waals surface area contributed by atoms with Gasteiger partial charge < -0.3 is 24.8 Å². The summed E-state index contributed by atoms with van der Waals surface area (Å²) in [6.45, 7) is 8.78. The maximum Gasteiger partial charge on any atom is 0.319 e. The number of rotatable bonds is 7. The lowest BCUT2D eigenvalue weighted by Crippen LogP contribution is -2.51. The van der Waals surface area contributed by atoms with Crippen LogP contribution in [0.3, 0.4) is 0 Å². The molecule has 0 amide bonds. The van der Waals surface area contributed by atoms with Gasteiger partial charge in [0.2, 0.25) is 0 Å². The van der Waals surface area contributed by atoms with Gasteiger partial charge in [0.1, 0.15) is 17.1 Å². The van der Waals surface area contributed by atoms with Crippen LogP contribution in [-0.2, 0) is 4.74 Å². The molecule has 4 saturated heterocycles. The number of phenols is 1. The molecule has 0 saturated carbocycles. The first-order chi connectivity index (χ1) is 21.7. The summed E-state index contributed by atoms with van der Waals surface area (Å²) in [5.41, 5.74) is 0.695. The van der Waals surface area contributed by atoms with Gasteiger partial charge >= 0.3 is 6.01 Å². The molecule has 2 N–H and O–H groups in total. The minimum Gasteiger partial charge on any atom is -0.508 e. The monoisotopic (exact) mass is 631 g/mol. The Balaban J connectivity index is 1.20. The molecule has 10 heteroatoms. The molecular formula is C35H39ClFN5O3. The lowest BCUT2D eigenvalue weighted by molar-refractivity contribution is -0.0354. The average Bonchev–Trinajstić information content (AvgIpc) is 3.44. The zero-order valence-corrected chi connectivity index (χ0v) is 26.5. The van der Waals surface area contributed by atoms with E-state index in [-0.39, 0.29) is 33.3 Å². The molecule has 8 rings (SSSR count). The first kappa shape index (κ1) is 29.2.